The van der Waals surface area contributed by atoms with Gasteiger partial charge in [-0.25, -0.2) is 9.78 Å². The molecule has 1 aliphatic heterocycles. The van der Waals surface area contributed by atoms with Crippen molar-refractivity contribution in [2.45, 2.75) is 25.4 Å². The summed E-state index contributed by atoms with van der Waals surface area (Å²) in [6.07, 6.45) is 6.43. The van der Waals surface area contributed by atoms with E-state index >= 15 is 0 Å². The van der Waals surface area contributed by atoms with Gasteiger partial charge in [0.15, 0.2) is 0 Å². The summed E-state index contributed by atoms with van der Waals surface area (Å²) in [6.45, 7) is 1.93. The molecule has 1 aromatic heterocycles. The summed E-state index contributed by atoms with van der Waals surface area (Å²) in [5, 5.41) is 5.59. The molecule has 0 spiro atoms. The minimum absolute atomic E-state index is 0.198. The Labute approximate surface area is 140 Å². The number of hydrogen-bond acceptors (Lipinski definition) is 4. The highest BCUT2D eigenvalue weighted by Crippen LogP contribution is 2.18. The molecule has 0 radical (unpaired) electrons. The lowest BCUT2D eigenvalue weighted by molar-refractivity contribution is 0.0679. The van der Waals surface area contributed by atoms with E-state index in [1.54, 1.807) is 12.5 Å². The second kappa shape index (κ2) is 8.35. The standard InChI is InChI=1S/C17H22N4O3/c22-17(19-8-7-14-10-18-12-20-14)21-13-3-5-15(6-4-13)24-11-16-2-1-9-23-16/h3-6,10,12,16H,1-2,7-9,11H2,(H,18,20)(H2,19,21,22). The van der Waals surface area contributed by atoms with Gasteiger partial charge in [-0.3, -0.25) is 0 Å². The average Bonchev–Trinajstić information content (AvgIpc) is 3.28. The molecule has 1 aromatic carbocycles. The van der Waals surface area contributed by atoms with Crippen LogP contribution in [0.1, 0.15) is 18.5 Å². The van der Waals surface area contributed by atoms with E-state index in [2.05, 4.69) is 20.6 Å². The van der Waals surface area contributed by atoms with E-state index in [4.69, 9.17) is 9.47 Å². The lowest BCUT2D eigenvalue weighted by Crippen LogP contribution is -2.30. The van der Waals surface area contributed by atoms with Gasteiger partial charge in [-0.15, -0.1) is 0 Å². The van der Waals surface area contributed by atoms with Gasteiger partial charge in [0.25, 0.3) is 0 Å². The van der Waals surface area contributed by atoms with Crippen LogP contribution in [0.4, 0.5) is 10.5 Å². The number of aromatic amines is 1. The molecule has 0 saturated carbocycles. The van der Waals surface area contributed by atoms with Crippen LogP contribution < -0.4 is 15.4 Å². The molecule has 3 N–H and O–H groups in total. The number of anilines is 1. The zero-order valence-electron chi connectivity index (χ0n) is 13.5. The molecule has 128 valence electrons. The average molecular weight is 330 g/mol. The number of carbonyl (C=O) groups is 1. The molecule has 1 unspecified atom stereocenters. The third-order valence-electron chi connectivity index (χ3n) is 3.81. The summed E-state index contributed by atoms with van der Waals surface area (Å²) in [4.78, 5) is 18.8. The fraction of sp³-hybridized carbons (Fsp3) is 0.412. The maximum absolute atomic E-state index is 11.8. The van der Waals surface area contributed by atoms with Crippen LogP contribution in [-0.2, 0) is 11.2 Å². The summed E-state index contributed by atoms with van der Waals surface area (Å²) in [7, 11) is 0. The van der Waals surface area contributed by atoms with Crippen molar-refractivity contribution in [3.8, 4) is 5.75 Å². The number of benzene rings is 1. The molecule has 0 bridgehead atoms. The van der Waals surface area contributed by atoms with Gasteiger partial charge in [0.05, 0.1) is 12.4 Å². The highest BCUT2D eigenvalue weighted by atomic mass is 16.5. The molecule has 0 aliphatic carbocycles. The monoisotopic (exact) mass is 330 g/mol. The molecule has 1 fully saturated rings. The van der Waals surface area contributed by atoms with E-state index in [0.29, 0.717) is 19.6 Å². The van der Waals surface area contributed by atoms with Crippen LogP contribution in [-0.4, -0.2) is 41.9 Å². The Morgan fingerprint density at radius 3 is 2.96 bits per heavy atom. The summed E-state index contributed by atoms with van der Waals surface area (Å²) in [6, 6.07) is 7.09. The maximum atomic E-state index is 11.8. The Morgan fingerprint density at radius 1 is 1.38 bits per heavy atom. The van der Waals surface area contributed by atoms with Gasteiger partial charge in [0, 0.05) is 37.2 Å². The molecule has 1 aliphatic rings. The predicted molar refractivity (Wildman–Crippen MR) is 90.2 cm³/mol. The lowest BCUT2D eigenvalue weighted by atomic mass is 10.2. The second-order valence-corrected chi connectivity index (χ2v) is 5.68. The normalized spacial score (nSPS) is 16.8. The molecule has 1 atom stereocenters. The first kappa shape index (κ1) is 16.3. The van der Waals surface area contributed by atoms with Crippen molar-refractivity contribution in [2.75, 3.05) is 25.1 Å². The quantitative estimate of drug-likeness (QED) is 0.727. The van der Waals surface area contributed by atoms with E-state index in [9.17, 15) is 4.79 Å². The zero-order chi connectivity index (χ0) is 16.6. The van der Waals surface area contributed by atoms with Crippen LogP contribution in [0.5, 0.6) is 5.75 Å². The molecule has 2 aromatic rings. The van der Waals surface area contributed by atoms with Crippen molar-refractivity contribution in [1.29, 1.82) is 0 Å². The molecular weight excluding hydrogens is 308 g/mol. The highest BCUT2D eigenvalue weighted by Gasteiger charge is 2.15. The number of ether oxygens (including phenoxy) is 2. The van der Waals surface area contributed by atoms with Crippen molar-refractivity contribution in [3.63, 3.8) is 0 Å². The Hall–Kier alpha value is -2.54. The van der Waals surface area contributed by atoms with Gasteiger partial charge >= 0.3 is 6.03 Å². The van der Waals surface area contributed by atoms with Crippen molar-refractivity contribution in [3.05, 3.63) is 42.5 Å². The Bertz CT molecular complexity index is 622. The number of aromatic nitrogens is 2. The Balaban J connectivity index is 1.37. The fourth-order valence-electron chi connectivity index (χ4n) is 2.51. The Kier molecular flexibility index (Phi) is 5.68. The largest absolute Gasteiger partial charge is 0.491 e. The number of nitrogens with one attached hydrogen (secondary N) is 3. The SMILES string of the molecule is O=C(NCCc1cnc[nH]1)Nc1ccc(OCC2CCCO2)cc1. The van der Waals surface area contributed by atoms with Gasteiger partial charge < -0.3 is 25.1 Å². The summed E-state index contributed by atoms with van der Waals surface area (Å²) in [5.41, 5.74) is 1.71. The van der Waals surface area contributed by atoms with Crippen LogP contribution in [0, 0.1) is 0 Å². The first-order chi connectivity index (χ1) is 11.8. The molecule has 7 nitrogen and oxygen atoms in total. The predicted octanol–water partition coefficient (Wildman–Crippen LogP) is 2.33. The van der Waals surface area contributed by atoms with E-state index in [-0.39, 0.29) is 12.1 Å². The second-order valence-electron chi connectivity index (χ2n) is 5.68. The molecule has 24 heavy (non-hydrogen) atoms. The van der Waals surface area contributed by atoms with Gasteiger partial charge in [-0.1, -0.05) is 0 Å². The fourth-order valence-corrected chi connectivity index (χ4v) is 2.51. The number of hydrogen-bond donors (Lipinski definition) is 3. The zero-order valence-corrected chi connectivity index (χ0v) is 13.5. The number of nitrogens with zero attached hydrogens (tertiary/aromatic N) is 1. The van der Waals surface area contributed by atoms with Gasteiger partial charge in [-0.05, 0) is 37.1 Å². The van der Waals surface area contributed by atoms with Crippen LogP contribution in [0.2, 0.25) is 0 Å². The van der Waals surface area contributed by atoms with E-state index < -0.39 is 0 Å². The third kappa shape index (κ3) is 4.99. The van der Waals surface area contributed by atoms with E-state index in [0.717, 1.165) is 36.6 Å². The van der Waals surface area contributed by atoms with Gasteiger partial charge in [0.1, 0.15) is 12.4 Å². The van der Waals surface area contributed by atoms with Crippen LogP contribution >= 0.6 is 0 Å². The molecule has 7 heteroatoms. The van der Waals surface area contributed by atoms with Crippen LogP contribution in [0.15, 0.2) is 36.8 Å². The van der Waals surface area contributed by atoms with Gasteiger partial charge in [0.2, 0.25) is 0 Å². The van der Waals surface area contributed by atoms with Gasteiger partial charge in [-0.2, -0.15) is 0 Å². The summed E-state index contributed by atoms with van der Waals surface area (Å²) in [5.74, 6) is 0.774. The molecule has 1 saturated heterocycles. The molecule has 3 rings (SSSR count). The van der Waals surface area contributed by atoms with Crippen LogP contribution in [0.25, 0.3) is 0 Å². The summed E-state index contributed by atoms with van der Waals surface area (Å²) < 4.78 is 11.2. The van der Waals surface area contributed by atoms with Crippen molar-refractivity contribution >= 4 is 11.7 Å². The van der Waals surface area contributed by atoms with E-state index in [1.165, 1.54) is 0 Å². The minimum atomic E-state index is -0.234. The number of rotatable bonds is 7. The van der Waals surface area contributed by atoms with Crippen molar-refractivity contribution < 1.29 is 14.3 Å². The number of carbonyl (C=O) groups excluding carboxylic acids is 1. The van der Waals surface area contributed by atoms with Crippen LogP contribution in [0.3, 0.4) is 0 Å². The van der Waals surface area contributed by atoms with Crippen molar-refractivity contribution in [2.24, 2.45) is 0 Å². The lowest BCUT2D eigenvalue weighted by Gasteiger charge is -2.12. The maximum Gasteiger partial charge on any atom is 0.319 e. The third-order valence-corrected chi connectivity index (χ3v) is 3.81. The number of urea groups is 1. The van der Waals surface area contributed by atoms with E-state index in [1.807, 2.05) is 24.3 Å². The molecule has 2 heterocycles. The highest BCUT2D eigenvalue weighted by molar-refractivity contribution is 5.89. The first-order valence-corrected chi connectivity index (χ1v) is 8.16. The smallest absolute Gasteiger partial charge is 0.319 e. The number of H-pyrrole nitrogens is 1. The molecule has 2 amide bonds. The molecular formula is C17H22N4O3. The van der Waals surface area contributed by atoms with Crippen molar-refractivity contribution in [1.82, 2.24) is 15.3 Å². The first-order valence-electron chi connectivity index (χ1n) is 8.16. The minimum Gasteiger partial charge on any atom is -0.491 e. The summed E-state index contributed by atoms with van der Waals surface area (Å²) >= 11 is 0. The Morgan fingerprint density at radius 2 is 2.25 bits per heavy atom. The number of imidazole rings is 1. The topological polar surface area (TPSA) is 88.3 Å². The number of amides is 2.